The molecule has 0 aliphatic carbocycles. The summed E-state index contributed by atoms with van der Waals surface area (Å²) in [6, 6.07) is 12.8. The van der Waals surface area contributed by atoms with Crippen LogP contribution in [0.2, 0.25) is 0 Å². The van der Waals surface area contributed by atoms with Gasteiger partial charge in [0.1, 0.15) is 17.3 Å². The fourth-order valence-electron chi connectivity index (χ4n) is 4.06. The summed E-state index contributed by atoms with van der Waals surface area (Å²) in [6.45, 7) is 8.37. The second-order valence-electron chi connectivity index (χ2n) is 8.03. The van der Waals surface area contributed by atoms with Gasteiger partial charge in [-0.1, -0.05) is 0 Å². The lowest BCUT2D eigenvalue weighted by Crippen LogP contribution is -2.49. The summed E-state index contributed by atoms with van der Waals surface area (Å²) in [5, 5.41) is 12.9. The Morgan fingerprint density at radius 2 is 1.65 bits per heavy atom. The van der Waals surface area contributed by atoms with Crippen molar-refractivity contribution in [1.29, 1.82) is 0 Å². The molecule has 7 nitrogen and oxygen atoms in total. The fraction of sp³-hybridized carbons (Fsp3) is 0.304. The number of halogens is 1. The Kier molecular flexibility index (Phi) is 5.07. The molecule has 0 atom stereocenters. The van der Waals surface area contributed by atoms with Gasteiger partial charge in [0.25, 0.3) is 0 Å². The summed E-state index contributed by atoms with van der Waals surface area (Å²) >= 11 is 0. The van der Waals surface area contributed by atoms with Crippen molar-refractivity contribution in [2.45, 2.75) is 19.9 Å². The molecule has 1 aromatic carbocycles. The Labute approximate surface area is 180 Å². The monoisotopic (exact) mass is 417 g/mol. The quantitative estimate of drug-likeness (QED) is 0.506. The molecule has 4 aromatic rings. The van der Waals surface area contributed by atoms with Crippen molar-refractivity contribution in [2.75, 3.05) is 31.1 Å². The van der Waals surface area contributed by atoms with Gasteiger partial charge in [0.05, 0.1) is 18.1 Å². The van der Waals surface area contributed by atoms with E-state index in [9.17, 15) is 4.39 Å². The number of anilines is 1. The number of imidazole rings is 1. The maximum Gasteiger partial charge on any atom is 0.155 e. The lowest BCUT2D eigenvalue weighted by Gasteiger charge is -2.37. The summed E-state index contributed by atoms with van der Waals surface area (Å²) in [5.74, 6) is 0.642. The predicted octanol–water partition coefficient (Wildman–Crippen LogP) is 3.52. The van der Waals surface area contributed by atoms with Crippen LogP contribution in [0.1, 0.15) is 13.8 Å². The Morgan fingerprint density at radius 3 is 2.32 bits per heavy atom. The highest BCUT2D eigenvalue weighted by atomic mass is 19.1. The molecule has 0 bridgehead atoms. The Bertz CT molecular complexity index is 1180. The topological polar surface area (TPSA) is 62.5 Å². The molecule has 0 saturated carbocycles. The lowest BCUT2D eigenvalue weighted by molar-refractivity contribution is 0.209. The van der Waals surface area contributed by atoms with E-state index >= 15 is 0 Å². The smallest absolute Gasteiger partial charge is 0.155 e. The van der Waals surface area contributed by atoms with Crippen LogP contribution in [0.3, 0.4) is 0 Å². The van der Waals surface area contributed by atoms with E-state index in [0.29, 0.717) is 6.04 Å². The van der Waals surface area contributed by atoms with Gasteiger partial charge in [-0.05, 0) is 56.3 Å². The average molecular weight is 417 g/mol. The molecule has 0 unspecified atom stereocenters. The van der Waals surface area contributed by atoms with Crippen LogP contribution in [0.15, 0.2) is 54.9 Å². The van der Waals surface area contributed by atoms with E-state index in [2.05, 4.69) is 33.8 Å². The number of fused-ring (bicyclic) bond motifs is 1. The van der Waals surface area contributed by atoms with Crippen molar-refractivity contribution in [3.05, 3.63) is 60.7 Å². The number of hydrogen-bond acceptors (Lipinski definition) is 6. The third kappa shape index (κ3) is 3.74. The van der Waals surface area contributed by atoms with Gasteiger partial charge in [0.15, 0.2) is 5.65 Å². The zero-order valence-corrected chi connectivity index (χ0v) is 17.6. The molecular weight excluding hydrogens is 393 g/mol. The van der Waals surface area contributed by atoms with Crippen LogP contribution in [0.4, 0.5) is 10.2 Å². The van der Waals surface area contributed by atoms with Crippen molar-refractivity contribution in [3.8, 4) is 22.5 Å². The zero-order valence-electron chi connectivity index (χ0n) is 17.6. The van der Waals surface area contributed by atoms with Crippen LogP contribution in [-0.4, -0.2) is 61.9 Å². The van der Waals surface area contributed by atoms with Crippen molar-refractivity contribution in [2.24, 2.45) is 0 Å². The number of piperazine rings is 1. The van der Waals surface area contributed by atoms with Gasteiger partial charge < -0.3 is 4.90 Å². The first-order valence-electron chi connectivity index (χ1n) is 10.5. The SMILES string of the molecule is CC(C)N1CCN(c2ccc3nc(-c4ccc(F)cc4)c(-c4ccnnc4)n3n2)CC1. The number of hydrogen-bond donors (Lipinski definition) is 0. The minimum absolute atomic E-state index is 0.277. The second-order valence-corrected chi connectivity index (χ2v) is 8.03. The van der Waals surface area contributed by atoms with E-state index in [4.69, 9.17) is 10.1 Å². The molecular formula is C23H24FN7. The predicted molar refractivity (Wildman–Crippen MR) is 118 cm³/mol. The molecule has 0 amide bonds. The van der Waals surface area contributed by atoms with Gasteiger partial charge >= 0.3 is 0 Å². The summed E-state index contributed by atoms with van der Waals surface area (Å²) in [7, 11) is 0. The minimum Gasteiger partial charge on any atom is -0.353 e. The van der Waals surface area contributed by atoms with Gasteiger partial charge in [-0.3, -0.25) is 4.90 Å². The Balaban J connectivity index is 1.60. The fourth-order valence-corrected chi connectivity index (χ4v) is 4.06. The van der Waals surface area contributed by atoms with Crippen LogP contribution in [-0.2, 0) is 0 Å². The normalized spacial score (nSPS) is 15.2. The van der Waals surface area contributed by atoms with E-state index in [-0.39, 0.29) is 5.82 Å². The number of aromatic nitrogens is 5. The minimum atomic E-state index is -0.277. The molecule has 0 radical (unpaired) electrons. The molecule has 158 valence electrons. The summed E-state index contributed by atoms with van der Waals surface area (Å²) in [5.41, 5.74) is 3.97. The van der Waals surface area contributed by atoms with Gasteiger partial charge in [0, 0.05) is 43.3 Å². The Morgan fingerprint density at radius 1 is 0.871 bits per heavy atom. The van der Waals surface area contributed by atoms with E-state index in [0.717, 1.165) is 60.2 Å². The molecule has 3 aromatic heterocycles. The number of rotatable bonds is 4. The highest BCUT2D eigenvalue weighted by Crippen LogP contribution is 2.32. The molecule has 1 aliphatic rings. The first kappa shape index (κ1) is 19.6. The van der Waals surface area contributed by atoms with Crippen molar-refractivity contribution in [1.82, 2.24) is 29.7 Å². The van der Waals surface area contributed by atoms with Crippen LogP contribution in [0, 0.1) is 5.82 Å². The van der Waals surface area contributed by atoms with Gasteiger partial charge in [-0.25, -0.2) is 13.9 Å². The molecule has 1 fully saturated rings. The Hall–Kier alpha value is -3.39. The van der Waals surface area contributed by atoms with Gasteiger partial charge in [-0.2, -0.15) is 10.2 Å². The summed E-state index contributed by atoms with van der Waals surface area (Å²) in [6.07, 6.45) is 3.35. The van der Waals surface area contributed by atoms with E-state index in [1.807, 2.05) is 22.7 Å². The molecule has 1 saturated heterocycles. The van der Waals surface area contributed by atoms with E-state index in [1.165, 1.54) is 12.1 Å². The number of benzene rings is 1. The average Bonchev–Trinajstić information content (AvgIpc) is 3.19. The highest BCUT2D eigenvalue weighted by Gasteiger charge is 2.22. The van der Waals surface area contributed by atoms with E-state index < -0.39 is 0 Å². The van der Waals surface area contributed by atoms with Crippen molar-refractivity contribution >= 4 is 11.5 Å². The largest absolute Gasteiger partial charge is 0.353 e. The molecule has 4 heterocycles. The highest BCUT2D eigenvalue weighted by molar-refractivity contribution is 5.81. The third-order valence-electron chi connectivity index (χ3n) is 5.81. The first-order valence-corrected chi connectivity index (χ1v) is 10.5. The second kappa shape index (κ2) is 8.03. The maximum absolute atomic E-state index is 13.5. The zero-order chi connectivity index (χ0) is 21.4. The molecule has 8 heteroatoms. The molecule has 0 spiro atoms. The maximum atomic E-state index is 13.5. The summed E-state index contributed by atoms with van der Waals surface area (Å²) < 4.78 is 15.4. The molecule has 1 aliphatic heterocycles. The third-order valence-corrected chi connectivity index (χ3v) is 5.81. The number of nitrogens with zero attached hydrogens (tertiary/aromatic N) is 7. The van der Waals surface area contributed by atoms with E-state index in [1.54, 1.807) is 24.5 Å². The van der Waals surface area contributed by atoms with Gasteiger partial charge in [-0.15, -0.1) is 5.10 Å². The van der Waals surface area contributed by atoms with Crippen LogP contribution < -0.4 is 4.90 Å². The molecule has 31 heavy (non-hydrogen) atoms. The summed E-state index contributed by atoms with van der Waals surface area (Å²) in [4.78, 5) is 9.60. The first-order chi connectivity index (χ1) is 15.1. The standard InChI is InChI=1S/C23H24FN7/c1-16(2)29-11-13-30(14-12-29)21-8-7-20-27-22(17-3-5-19(24)6-4-17)23(31(20)28-21)18-9-10-25-26-15-18/h3-10,15-16H,11-14H2,1-2H3. The van der Waals surface area contributed by atoms with Crippen LogP contribution >= 0.6 is 0 Å². The van der Waals surface area contributed by atoms with Crippen LogP contribution in [0.5, 0.6) is 0 Å². The lowest BCUT2D eigenvalue weighted by atomic mass is 10.1. The van der Waals surface area contributed by atoms with Crippen molar-refractivity contribution < 1.29 is 4.39 Å². The molecule has 0 N–H and O–H groups in total. The van der Waals surface area contributed by atoms with Crippen molar-refractivity contribution in [3.63, 3.8) is 0 Å². The van der Waals surface area contributed by atoms with Crippen LogP contribution in [0.25, 0.3) is 28.2 Å². The molecule has 5 rings (SSSR count). The van der Waals surface area contributed by atoms with Gasteiger partial charge in [0.2, 0.25) is 0 Å².